The van der Waals surface area contributed by atoms with E-state index in [2.05, 4.69) is 17.0 Å². The van der Waals surface area contributed by atoms with E-state index in [9.17, 15) is 9.59 Å². The van der Waals surface area contributed by atoms with Gasteiger partial charge in [0.2, 0.25) is 0 Å². The van der Waals surface area contributed by atoms with E-state index in [1.807, 2.05) is 20.8 Å². The van der Waals surface area contributed by atoms with E-state index < -0.39 is 5.60 Å². The summed E-state index contributed by atoms with van der Waals surface area (Å²) in [6.07, 6.45) is 3.06. The molecule has 1 N–H and O–H groups in total. The molecular weight excluding hydrogens is 296 g/mol. The van der Waals surface area contributed by atoms with Crippen LogP contribution >= 0.6 is 0 Å². The number of hydrogen-bond donors (Lipinski definition) is 1. The Morgan fingerprint density at radius 2 is 2.04 bits per heavy atom. The molecule has 0 aromatic heterocycles. The van der Waals surface area contributed by atoms with E-state index in [-0.39, 0.29) is 18.1 Å². The van der Waals surface area contributed by atoms with Crippen molar-refractivity contribution in [1.29, 1.82) is 0 Å². The first kappa shape index (κ1) is 19.7. The zero-order chi connectivity index (χ0) is 17.5. The van der Waals surface area contributed by atoms with Gasteiger partial charge in [-0.05, 0) is 52.5 Å². The van der Waals surface area contributed by atoms with Crippen LogP contribution in [-0.4, -0.2) is 55.3 Å². The Labute approximate surface area is 139 Å². The molecule has 1 amide bonds. The van der Waals surface area contributed by atoms with Crippen LogP contribution in [0.3, 0.4) is 0 Å². The fraction of sp³-hybridized carbons (Fsp3) is 0.882. The number of likely N-dealkylation sites (tertiary alicyclic amines) is 1. The fourth-order valence-electron chi connectivity index (χ4n) is 2.57. The zero-order valence-corrected chi connectivity index (χ0v) is 15.2. The molecule has 1 aliphatic heterocycles. The molecule has 0 saturated carbocycles. The Kier molecular flexibility index (Phi) is 7.82. The first-order valence-electron chi connectivity index (χ1n) is 8.49. The molecule has 1 aliphatic rings. The summed E-state index contributed by atoms with van der Waals surface area (Å²) in [5.74, 6) is 0.233. The topological polar surface area (TPSA) is 67.9 Å². The predicted octanol–water partition coefficient (Wildman–Crippen LogP) is 2.56. The fourth-order valence-corrected chi connectivity index (χ4v) is 2.57. The van der Waals surface area contributed by atoms with Crippen molar-refractivity contribution < 1.29 is 19.1 Å². The van der Waals surface area contributed by atoms with Crippen LogP contribution in [0.15, 0.2) is 0 Å². The molecule has 1 rings (SSSR count). The van der Waals surface area contributed by atoms with E-state index >= 15 is 0 Å². The highest BCUT2D eigenvalue weighted by atomic mass is 16.6. The van der Waals surface area contributed by atoms with E-state index in [4.69, 9.17) is 4.74 Å². The highest BCUT2D eigenvalue weighted by Crippen LogP contribution is 2.16. The molecule has 2 atom stereocenters. The monoisotopic (exact) mass is 328 g/mol. The lowest BCUT2D eigenvalue weighted by molar-refractivity contribution is -0.140. The minimum atomic E-state index is -0.458. The summed E-state index contributed by atoms with van der Waals surface area (Å²) in [6, 6.07) is 0.289. The van der Waals surface area contributed by atoms with Crippen LogP contribution in [0.25, 0.3) is 0 Å². The molecule has 1 fully saturated rings. The standard InChI is InChI=1S/C17H32N2O4/c1-13(8-9-15(20)22-5)11-18-14-7-6-10-19(12-14)16(21)23-17(2,3)4/h13-14,18H,6-12H2,1-5H3/t13?,14-/m1/s1. The lowest BCUT2D eigenvalue weighted by atomic mass is 10.0. The van der Waals surface area contributed by atoms with Crippen molar-refractivity contribution in [2.75, 3.05) is 26.7 Å². The Balaban J connectivity index is 2.32. The van der Waals surface area contributed by atoms with Crippen LogP contribution in [-0.2, 0) is 14.3 Å². The van der Waals surface area contributed by atoms with Gasteiger partial charge in [-0.25, -0.2) is 4.79 Å². The van der Waals surface area contributed by atoms with Crippen LogP contribution in [0.2, 0.25) is 0 Å². The van der Waals surface area contributed by atoms with Crippen LogP contribution in [0.5, 0.6) is 0 Å². The smallest absolute Gasteiger partial charge is 0.410 e. The second-order valence-electron chi connectivity index (χ2n) is 7.39. The maximum atomic E-state index is 12.1. The van der Waals surface area contributed by atoms with E-state index in [1.54, 1.807) is 4.90 Å². The molecule has 23 heavy (non-hydrogen) atoms. The number of esters is 1. The molecule has 1 unspecified atom stereocenters. The van der Waals surface area contributed by atoms with Gasteiger partial charge in [-0.3, -0.25) is 4.79 Å². The van der Waals surface area contributed by atoms with Crippen LogP contribution in [0.4, 0.5) is 4.79 Å². The van der Waals surface area contributed by atoms with Gasteiger partial charge < -0.3 is 19.7 Å². The normalized spacial score (nSPS) is 20.0. The first-order valence-corrected chi connectivity index (χ1v) is 8.49. The Bertz CT molecular complexity index is 393. The quantitative estimate of drug-likeness (QED) is 0.759. The van der Waals surface area contributed by atoms with Gasteiger partial charge in [0.25, 0.3) is 0 Å². The summed E-state index contributed by atoms with van der Waals surface area (Å²) in [6.45, 7) is 10.0. The molecule has 1 saturated heterocycles. The van der Waals surface area contributed by atoms with Gasteiger partial charge in [0.1, 0.15) is 5.60 Å². The van der Waals surface area contributed by atoms with Gasteiger partial charge in [-0.1, -0.05) is 6.92 Å². The molecule has 134 valence electrons. The summed E-state index contributed by atoms with van der Waals surface area (Å²) < 4.78 is 10.1. The molecule has 6 heteroatoms. The minimum absolute atomic E-state index is 0.161. The second-order valence-corrected chi connectivity index (χ2v) is 7.39. The highest BCUT2D eigenvalue weighted by Gasteiger charge is 2.27. The molecule has 6 nitrogen and oxygen atoms in total. The molecule has 0 spiro atoms. The number of hydrogen-bond acceptors (Lipinski definition) is 5. The predicted molar refractivity (Wildman–Crippen MR) is 89.2 cm³/mol. The number of nitrogens with zero attached hydrogens (tertiary/aromatic N) is 1. The van der Waals surface area contributed by atoms with Crippen LogP contribution in [0, 0.1) is 5.92 Å². The zero-order valence-electron chi connectivity index (χ0n) is 15.2. The van der Waals surface area contributed by atoms with Crippen molar-refractivity contribution in [2.24, 2.45) is 5.92 Å². The number of piperidine rings is 1. The number of nitrogens with one attached hydrogen (secondary N) is 1. The molecule has 0 aromatic carbocycles. The molecule has 0 bridgehead atoms. The van der Waals surface area contributed by atoms with Crippen molar-refractivity contribution in [2.45, 2.75) is 65.0 Å². The summed E-state index contributed by atoms with van der Waals surface area (Å²) in [5.41, 5.74) is -0.458. The van der Waals surface area contributed by atoms with Gasteiger partial charge >= 0.3 is 12.1 Å². The van der Waals surface area contributed by atoms with Gasteiger partial charge in [0, 0.05) is 25.6 Å². The number of rotatable bonds is 6. The Hall–Kier alpha value is -1.30. The van der Waals surface area contributed by atoms with E-state index in [0.717, 1.165) is 32.4 Å². The van der Waals surface area contributed by atoms with E-state index in [0.29, 0.717) is 18.9 Å². The number of carbonyl (C=O) groups excluding carboxylic acids is 2. The Morgan fingerprint density at radius 3 is 2.65 bits per heavy atom. The van der Waals surface area contributed by atoms with E-state index in [1.165, 1.54) is 7.11 Å². The van der Waals surface area contributed by atoms with Crippen molar-refractivity contribution in [1.82, 2.24) is 10.2 Å². The molecule has 0 aliphatic carbocycles. The maximum absolute atomic E-state index is 12.1. The SMILES string of the molecule is COC(=O)CCC(C)CN[C@@H]1CCCN(C(=O)OC(C)(C)C)C1. The van der Waals surface area contributed by atoms with Crippen molar-refractivity contribution in [3.63, 3.8) is 0 Å². The highest BCUT2D eigenvalue weighted by molar-refractivity contribution is 5.69. The average Bonchev–Trinajstić information content (AvgIpc) is 2.49. The minimum Gasteiger partial charge on any atom is -0.469 e. The number of carbonyl (C=O) groups is 2. The average molecular weight is 328 g/mol. The lowest BCUT2D eigenvalue weighted by Crippen LogP contribution is -2.50. The number of ether oxygens (including phenoxy) is 2. The van der Waals surface area contributed by atoms with Crippen molar-refractivity contribution in [3.8, 4) is 0 Å². The summed E-state index contributed by atoms with van der Waals surface area (Å²) in [4.78, 5) is 25.1. The molecule has 0 radical (unpaired) electrons. The molecular formula is C17H32N2O4. The third-order valence-electron chi connectivity index (χ3n) is 3.90. The summed E-state index contributed by atoms with van der Waals surface area (Å²) >= 11 is 0. The first-order chi connectivity index (χ1) is 10.7. The van der Waals surface area contributed by atoms with Crippen LogP contribution in [0.1, 0.15) is 53.4 Å². The summed E-state index contributed by atoms with van der Waals surface area (Å²) in [5, 5.41) is 3.51. The number of methoxy groups -OCH3 is 1. The second kappa shape index (κ2) is 9.11. The summed E-state index contributed by atoms with van der Waals surface area (Å²) in [7, 11) is 1.42. The maximum Gasteiger partial charge on any atom is 0.410 e. The lowest BCUT2D eigenvalue weighted by Gasteiger charge is -2.35. The largest absolute Gasteiger partial charge is 0.469 e. The molecule has 0 aromatic rings. The van der Waals surface area contributed by atoms with Crippen LogP contribution < -0.4 is 5.32 Å². The third kappa shape index (κ3) is 8.21. The van der Waals surface area contributed by atoms with Gasteiger partial charge in [0.05, 0.1) is 7.11 Å². The molecule has 1 heterocycles. The van der Waals surface area contributed by atoms with Crippen molar-refractivity contribution >= 4 is 12.1 Å². The van der Waals surface area contributed by atoms with Gasteiger partial charge in [-0.2, -0.15) is 0 Å². The van der Waals surface area contributed by atoms with Gasteiger partial charge in [-0.15, -0.1) is 0 Å². The number of amides is 1. The Morgan fingerprint density at radius 1 is 1.35 bits per heavy atom. The van der Waals surface area contributed by atoms with Crippen molar-refractivity contribution in [3.05, 3.63) is 0 Å². The third-order valence-corrected chi connectivity index (χ3v) is 3.90. The van der Waals surface area contributed by atoms with Gasteiger partial charge in [0.15, 0.2) is 0 Å².